The van der Waals surface area contributed by atoms with Gasteiger partial charge in [-0.3, -0.25) is 0 Å². The Balaban J connectivity index is 0.00000180. The number of nitrogens with zero attached hydrogens (tertiary/aromatic N) is 1. The fourth-order valence-electron chi connectivity index (χ4n) is 2.81. The molecule has 2 fully saturated rings. The van der Waals surface area contributed by atoms with Crippen molar-refractivity contribution < 1.29 is 8.42 Å². The smallest absolute Gasteiger partial charge is 0.279 e. The van der Waals surface area contributed by atoms with Crippen LogP contribution in [0, 0.1) is 0 Å². The van der Waals surface area contributed by atoms with Gasteiger partial charge in [-0.1, -0.05) is 12.8 Å². The zero-order valence-corrected chi connectivity index (χ0v) is 13.2. The largest absolute Gasteiger partial charge is 0.314 e. The molecule has 0 aromatic carbocycles. The molecule has 0 aromatic heterocycles. The summed E-state index contributed by atoms with van der Waals surface area (Å²) in [7, 11) is -3.27. The van der Waals surface area contributed by atoms with Gasteiger partial charge in [0, 0.05) is 25.2 Å². The summed E-state index contributed by atoms with van der Waals surface area (Å²) in [5.41, 5.74) is 0. The molecular formula is C12H26ClN3O2S. The van der Waals surface area contributed by atoms with Crippen LogP contribution >= 0.6 is 12.4 Å². The Bertz CT molecular complexity index is 356. The average Bonchev–Trinajstić information content (AvgIpc) is 2.57. The highest BCUT2D eigenvalue weighted by Gasteiger charge is 2.28. The first-order valence-corrected chi connectivity index (χ1v) is 8.53. The summed E-state index contributed by atoms with van der Waals surface area (Å²) in [6.45, 7) is 4.35. The Labute approximate surface area is 123 Å². The van der Waals surface area contributed by atoms with Gasteiger partial charge in [0.05, 0.1) is 0 Å². The van der Waals surface area contributed by atoms with Crippen molar-refractivity contribution >= 4 is 22.6 Å². The van der Waals surface area contributed by atoms with E-state index in [1.165, 1.54) is 0 Å². The molecule has 0 bridgehead atoms. The molecule has 2 heterocycles. The lowest BCUT2D eigenvalue weighted by Gasteiger charge is -2.30. The molecule has 2 unspecified atom stereocenters. The minimum Gasteiger partial charge on any atom is -0.314 e. The third-order valence-electron chi connectivity index (χ3n) is 3.84. The van der Waals surface area contributed by atoms with Crippen molar-refractivity contribution in [2.45, 2.75) is 57.5 Å². The zero-order valence-electron chi connectivity index (χ0n) is 11.6. The van der Waals surface area contributed by atoms with Crippen molar-refractivity contribution in [3.05, 3.63) is 0 Å². The average molecular weight is 312 g/mol. The van der Waals surface area contributed by atoms with Gasteiger partial charge in [-0.05, 0) is 39.2 Å². The molecule has 0 aliphatic carbocycles. The van der Waals surface area contributed by atoms with Gasteiger partial charge >= 0.3 is 0 Å². The van der Waals surface area contributed by atoms with E-state index in [4.69, 9.17) is 0 Å². The molecule has 0 amide bonds. The van der Waals surface area contributed by atoms with Crippen LogP contribution in [-0.4, -0.2) is 44.4 Å². The Kier molecular flexibility index (Phi) is 7.04. The molecule has 0 radical (unpaired) electrons. The van der Waals surface area contributed by atoms with Crippen molar-refractivity contribution in [3.63, 3.8) is 0 Å². The fourth-order valence-corrected chi connectivity index (χ4v) is 4.33. The van der Waals surface area contributed by atoms with Crippen molar-refractivity contribution in [3.8, 4) is 0 Å². The molecule has 2 rings (SSSR count). The van der Waals surface area contributed by atoms with Gasteiger partial charge in [0.1, 0.15) is 0 Å². The second-order valence-electron chi connectivity index (χ2n) is 5.51. The van der Waals surface area contributed by atoms with Gasteiger partial charge in [-0.15, -0.1) is 12.4 Å². The van der Waals surface area contributed by atoms with Crippen LogP contribution in [0.4, 0.5) is 0 Å². The summed E-state index contributed by atoms with van der Waals surface area (Å²) in [6.07, 6.45) is 6.05. The molecule has 7 heteroatoms. The molecule has 0 aromatic rings. The first-order valence-electron chi connectivity index (χ1n) is 7.09. The molecule has 2 N–H and O–H groups in total. The maximum Gasteiger partial charge on any atom is 0.279 e. The molecule has 114 valence electrons. The highest BCUT2D eigenvalue weighted by Crippen LogP contribution is 2.15. The van der Waals surface area contributed by atoms with Crippen LogP contribution in [0.3, 0.4) is 0 Å². The predicted molar refractivity (Wildman–Crippen MR) is 79.8 cm³/mol. The first kappa shape index (κ1) is 17.2. The van der Waals surface area contributed by atoms with E-state index >= 15 is 0 Å². The normalized spacial score (nSPS) is 30.4. The van der Waals surface area contributed by atoms with Crippen LogP contribution < -0.4 is 10.0 Å². The number of nitrogens with one attached hydrogen (secondary N) is 2. The van der Waals surface area contributed by atoms with Crippen molar-refractivity contribution in [1.29, 1.82) is 0 Å². The highest BCUT2D eigenvalue weighted by atomic mass is 35.5. The molecule has 0 saturated carbocycles. The molecule has 2 aliphatic heterocycles. The molecule has 19 heavy (non-hydrogen) atoms. The van der Waals surface area contributed by atoms with E-state index in [1.54, 1.807) is 4.31 Å². The van der Waals surface area contributed by atoms with Crippen molar-refractivity contribution in [1.82, 2.24) is 14.3 Å². The number of piperidine rings is 1. The van der Waals surface area contributed by atoms with E-state index in [0.717, 1.165) is 45.1 Å². The number of hydrogen-bond acceptors (Lipinski definition) is 3. The summed E-state index contributed by atoms with van der Waals surface area (Å²) in [5.74, 6) is 0. The Morgan fingerprint density at radius 1 is 1.16 bits per heavy atom. The van der Waals surface area contributed by atoms with Gasteiger partial charge in [-0.25, -0.2) is 0 Å². The number of rotatable bonds is 3. The molecule has 5 nitrogen and oxygen atoms in total. The minimum atomic E-state index is -3.27. The van der Waals surface area contributed by atoms with Crippen LogP contribution in [0.1, 0.15) is 45.4 Å². The van der Waals surface area contributed by atoms with Crippen LogP contribution in [0.5, 0.6) is 0 Å². The predicted octanol–water partition coefficient (Wildman–Crippen LogP) is 1.26. The third kappa shape index (κ3) is 5.19. The monoisotopic (exact) mass is 311 g/mol. The Hall–Kier alpha value is 0.120. The van der Waals surface area contributed by atoms with Gasteiger partial charge in [0.2, 0.25) is 0 Å². The second kappa shape index (κ2) is 7.78. The summed E-state index contributed by atoms with van der Waals surface area (Å²) >= 11 is 0. The lowest BCUT2D eigenvalue weighted by molar-refractivity contribution is 0.346. The summed E-state index contributed by atoms with van der Waals surface area (Å²) < 4.78 is 29.1. The summed E-state index contributed by atoms with van der Waals surface area (Å²) in [6, 6.07) is 0.491. The topological polar surface area (TPSA) is 61.4 Å². The molecule has 2 aliphatic rings. The minimum absolute atomic E-state index is 0. The van der Waals surface area contributed by atoms with Gasteiger partial charge in [0.15, 0.2) is 0 Å². The van der Waals surface area contributed by atoms with Crippen LogP contribution in [0.2, 0.25) is 0 Å². The zero-order chi connectivity index (χ0) is 13.0. The Morgan fingerprint density at radius 2 is 1.79 bits per heavy atom. The summed E-state index contributed by atoms with van der Waals surface area (Å²) in [5, 5.41) is 3.34. The lowest BCUT2D eigenvalue weighted by Crippen LogP contribution is -2.51. The van der Waals surface area contributed by atoms with E-state index in [1.807, 2.05) is 0 Å². The van der Waals surface area contributed by atoms with Crippen LogP contribution in [-0.2, 0) is 10.2 Å². The highest BCUT2D eigenvalue weighted by molar-refractivity contribution is 7.87. The summed E-state index contributed by atoms with van der Waals surface area (Å²) in [4.78, 5) is 0. The van der Waals surface area contributed by atoms with E-state index in [0.29, 0.717) is 19.1 Å². The van der Waals surface area contributed by atoms with E-state index < -0.39 is 10.2 Å². The first-order chi connectivity index (χ1) is 8.58. The fraction of sp³-hybridized carbons (Fsp3) is 1.00. The SMILES string of the molecule is CC1CC(NS(=O)(=O)N2CCCCCC2)CCN1.Cl. The lowest BCUT2D eigenvalue weighted by atomic mass is 10.0. The Morgan fingerprint density at radius 3 is 2.37 bits per heavy atom. The maximum absolute atomic E-state index is 12.3. The van der Waals surface area contributed by atoms with Crippen LogP contribution in [0.15, 0.2) is 0 Å². The molecule has 2 saturated heterocycles. The van der Waals surface area contributed by atoms with E-state index in [-0.39, 0.29) is 18.4 Å². The van der Waals surface area contributed by atoms with Gasteiger partial charge < -0.3 is 5.32 Å². The number of hydrogen-bond donors (Lipinski definition) is 2. The number of halogens is 1. The molecular weight excluding hydrogens is 286 g/mol. The van der Waals surface area contributed by atoms with Crippen molar-refractivity contribution in [2.24, 2.45) is 0 Å². The van der Waals surface area contributed by atoms with Gasteiger partial charge in [0.25, 0.3) is 10.2 Å². The van der Waals surface area contributed by atoms with Crippen LogP contribution in [0.25, 0.3) is 0 Å². The molecule has 0 spiro atoms. The maximum atomic E-state index is 12.3. The van der Waals surface area contributed by atoms with E-state index in [9.17, 15) is 8.42 Å². The molecule has 2 atom stereocenters. The second-order valence-corrected chi connectivity index (χ2v) is 7.21. The standard InChI is InChI=1S/C12H25N3O2S.ClH/c1-11-10-12(6-7-13-11)14-18(16,17)15-8-4-2-3-5-9-15;/h11-14H,2-10H2,1H3;1H. The van der Waals surface area contributed by atoms with Gasteiger partial charge in [-0.2, -0.15) is 17.4 Å². The third-order valence-corrected chi connectivity index (χ3v) is 5.52. The quantitative estimate of drug-likeness (QED) is 0.825. The van der Waals surface area contributed by atoms with Crippen molar-refractivity contribution in [2.75, 3.05) is 19.6 Å². The van der Waals surface area contributed by atoms with E-state index in [2.05, 4.69) is 17.0 Å².